The van der Waals surface area contributed by atoms with Crippen LogP contribution in [0.25, 0.3) is 0 Å². The van der Waals surface area contributed by atoms with Crippen molar-refractivity contribution < 1.29 is 13.2 Å². The molecular weight excluding hydrogens is 277 g/mol. The number of fused-ring (bicyclic) bond motifs is 1. The summed E-state index contributed by atoms with van der Waals surface area (Å²) in [5, 5.41) is 3.22. The molecule has 1 aliphatic carbocycles. The Balaban J connectivity index is 2.29. The lowest BCUT2D eigenvalue weighted by Crippen LogP contribution is -2.52. The number of halogens is 3. The van der Waals surface area contributed by atoms with E-state index in [1.807, 2.05) is 39.1 Å². The van der Waals surface area contributed by atoms with E-state index in [1.54, 1.807) is 4.90 Å². The van der Waals surface area contributed by atoms with Gasteiger partial charge < -0.3 is 5.32 Å². The minimum absolute atomic E-state index is 0.0558. The molecule has 1 aromatic carbocycles. The molecule has 0 amide bonds. The van der Waals surface area contributed by atoms with Gasteiger partial charge >= 0.3 is 6.18 Å². The largest absolute Gasteiger partial charge is 0.401 e. The Bertz CT molecular complexity index is 471. The van der Waals surface area contributed by atoms with Crippen molar-refractivity contribution in [3.05, 3.63) is 35.4 Å². The van der Waals surface area contributed by atoms with Crippen LogP contribution in [-0.4, -0.2) is 36.8 Å². The molecule has 0 heterocycles. The Labute approximate surface area is 124 Å². The number of hydrogen-bond acceptors (Lipinski definition) is 2. The molecule has 5 heteroatoms. The summed E-state index contributed by atoms with van der Waals surface area (Å²) in [6.07, 6.45) is -2.59. The molecule has 0 spiro atoms. The third-order valence-corrected chi connectivity index (χ3v) is 4.25. The summed E-state index contributed by atoms with van der Waals surface area (Å²) in [6.45, 7) is 2.81. The fraction of sp³-hybridized carbons (Fsp3) is 0.625. The summed E-state index contributed by atoms with van der Waals surface area (Å²) in [7, 11) is 1.83. The summed E-state index contributed by atoms with van der Waals surface area (Å²) < 4.78 is 38.7. The first kappa shape index (κ1) is 16.3. The predicted octanol–water partition coefficient (Wildman–Crippen LogP) is 3.53. The number of hydrogen-bond donors (Lipinski definition) is 1. The predicted molar refractivity (Wildman–Crippen MR) is 78.2 cm³/mol. The SMILES string of the molecule is CNC1c2ccccc2CCC1N(CC(F)(F)F)C(C)C. The molecule has 1 aliphatic rings. The van der Waals surface area contributed by atoms with E-state index in [2.05, 4.69) is 11.4 Å². The van der Waals surface area contributed by atoms with Crippen LogP contribution in [-0.2, 0) is 6.42 Å². The van der Waals surface area contributed by atoms with Crippen LogP contribution in [0.1, 0.15) is 37.4 Å². The van der Waals surface area contributed by atoms with E-state index in [0.29, 0.717) is 0 Å². The van der Waals surface area contributed by atoms with Crippen molar-refractivity contribution in [2.75, 3.05) is 13.6 Å². The van der Waals surface area contributed by atoms with Crippen molar-refractivity contribution in [1.29, 1.82) is 0 Å². The second-order valence-corrected chi connectivity index (χ2v) is 5.95. The van der Waals surface area contributed by atoms with Crippen LogP contribution in [0, 0.1) is 0 Å². The first-order valence-electron chi connectivity index (χ1n) is 7.41. The molecule has 0 aliphatic heterocycles. The number of benzene rings is 1. The van der Waals surface area contributed by atoms with E-state index in [9.17, 15) is 13.2 Å². The number of nitrogens with one attached hydrogen (secondary N) is 1. The maximum absolute atomic E-state index is 12.9. The lowest BCUT2D eigenvalue weighted by Gasteiger charge is -2.43. The van der Waals surface area contributed by atoms with Gasteiger partial charge in [-0.1, -0.05) is 24.3 Å². The van der Waals surface area contributed by atoms with Crippen molar-refractivity contribution in [1.82, 2.24) is 10.2 Å². The highest BCUT2D eigenvalue weighted by Gasteiger charge is 2.39. The van der Waals surface area contributed by atoms with Gasteiger partial charge in [0.25, 0.3) is 0 Å². The van der Waals surface area contributed by atoms with E-state index in [-0.39, 0.29) is 18.1 Å². The molecule has 118 valence electrons. The first-order valence-corrected chi connectivity index (χ1v) is 7.41. The smallest absolute Gasteiger partial charge is 0.312 e. The molecule has 0 saturated heterocycles. The van der Waals surface area contributed by atoms with Gasteiger partial charge in [0.2, 0.25) is 0 Å². The van der Waals surface area contributed by atoms with Crippen LogP contribution in [0.15, 0.2) is 24.3 Å². The van der Waals surface area contributed by atoms with Crippen LogP contribution < -0.4 is 5.32 Å². The van der Waals surface area contributed by atoms with E-state index in [0.717, 1.165) is 18.4 Å². The summed E-state index contributed by atoms with van der Waals surface area (Å²) >= 11 is 0. The number of likely N-dealkylation sites (N-methyl/N-ethyl adjacent to an activating group) is 1. The molecule has 0 saturated carbocycles. The van der Waals surface area contributed by atoms with Gasteiger partial charge in [-0.05, 0) is 44.9 Å². The molecule has 0 fully saturated rings. The highest BCUT2D eigenvalue weighted by Crippen LogP contribution is 2.35. The van der Waals surface area contributed by atoms with Crippen LogP contribution in [0.4, 0.5) is 13.2 Å². The van der Waals surface area contributed by atoms with Crippen LogP contribution >= 0.6 is 0 Å². The third kappa shape index (κ3) is 3.77. The Kier molecular flexibility index (Phi) is 4.94. The monoisotopic (exact) mass is 300 g/mol. The van der Waals surface area contributed by atoms with Crippen molar-refractivity contribution in [2.24, 2.45) is 0 Å². The second kappa shape index (κ2) is 6.36. The summed E-state index contributed by atoms with van der Waals surface area (Å²) in [6, 6.07) is 7.70. The Morgan fingerprint density at radius 2 is 1.95 bits per heavy atom. The van der Waals surface area contributed by atoms with E-state index >= 15 is 0 Å². The maximum atomic E-state index is 12.9. The lowest BCUT2D eigenvalue weighted by molar-refractivity contribution is -0.157. The van der Waals surface area contributed by atoms with Gasteiger partial charge in [0.15, 0.2) is 0 Å². The summed E-state index contributed by atoms with van der Waals surface area (Å²) in [4.78, 5) is 1.58. The standard InChI is InChI=1S/C16H23F3N2/c1-11(2)21(10-16(17,18)19)14-9-8-12-6-4-5-7-13(12)15(14)20-3/h4-7,11,14-15,20H,8-10H2,1-3H3. The van der Waals surface area contributed by atoms with Gasteiger partial charge in [0.05, 0.1) is 6.54 Å². The molecule has 1 aromatic rings. The van der Waals surface area contributed by atoms with E-state index in [1.165, 1.54) is 5.56 Å². The Morgan fingerprint density at radius 3 is 2.52 bits per heavy atom. The third-order valence-electron chi connectivity index (χ3n) is 4.25. The number of aryl methyl sites for hydroxylation is 1. The summed E-state index contributed by atoms with van der Waals surface area (Å²) in [5.41, 5.74) is 2.37. The second-order valence-electron chi connectivity index (χ2n) is 5.95. The minimum Gasteiger partial charge on any atom is -0.312 e. The molecule has 0 bridgehead atoms. The van der Waals surface area contributed by atoms with E-state index in [4.69, 9.17) is 0 Å². The minimum atomic E-state index is -4.17. The van der Waals surface area contributed by atoms with Gasteiger partial charge in [-0.3, -0.25) is 4.90 Å². The number of nitrogens with zero attached hydrogens (tertiary/aromatic N) is 1. The first-order chi connectivity index (χ1) is 9.83. The van der Waals surface area contributed by atoms with Crippen molar-refractivity contribution in [3.63, 3.8) is 0 Å². The van der Waals surface area contributed by atoms with Crippen LogP contribution in [0.2, 0.25) is 0 Å². The lowest BCUT2D eigenvalue weighted by atomic mass is 9.83. The molecule has 2 rings (SSSR count). The van der Waals surface area contributed by atoms with Gasteiger partial charge in [-0.25, -0.2) is 0 Å². The number of rotatable bonds is 4. The molecule has 0 radical (unpaired) electrons. The fourth-order valence-corrected chi connectivity index (χ4v) is 3.34. The molecule has 0 aromatic heterocycles. The highest BCUT2D eigenvalue weighted by atomic mass is 19.4. The molecular formula is C16H23F3N2. The molecule has 1 N–H and O–H groups in total. The zero-order valence-corrected chi connectivity index (χ0v) is 12.7. The zero-order chi connectivity index (χ0) is 15.6. The molecule has 2 unspecified atom stereocenters. The number of alkyl halides is 3. The fourth-order valence-electron chi connectivity index (χ4n) is 3.34. The normalized spacial score (nSPS) is 22.7. The molecule has 2 nitrogen and oxygen atoms in total. The Hall–Kier alpha value is -1.07. The quantitative estimate of drug-likeness (QED) is 0.915. The van der Waals surface area contributed by atoms with Gasteiger partial charge in [-0.2, -0.15) is 13.2 Å². The zero-order valence-electron chi connectivity index (χ0n) is 12.7. The average Bonchev–Trinajstić information content (AvgIpc) is 2.42. The molecule has 21 heavy (non-hydrogen) atoms. The summed E-state index contributed by atoms with van der Waals surface area (Å²) in [5.74, 6) is 0. The van der Waals surface area contributed by atoms with Crippen LogP contribution in [0.5, 0.6) is 0 Å². The van der Waals surface area contributed by atoms with Gasteiger partial charge in [0.1, 0.15) is 0 Å². The van der Waals surface area contributed by atoms with Gasteiger partial charge in [0, 0.05) is 18.1 Å². The average molecular weight is 300 g/mol. The van der Waals surface area contributed by atoms with Crippen molar-refractivity contribution in [2.45, 2.75) is 51.0 Å². The van der Waals surface area contributed by atoms with Gasteiger partial charge in [-0.15, -0.1) is 0 Å². The highest BCUT2D eigenvalue weighted by molar-refractivity contribution is 5.34. The van der Waals surface area contributed by atoms with Crippen molar-refractivity contribution in [3.8, 4) is 0 Å². The maximum Gasteiger partial charge on any atom is 0.401 e. The molecule has 2 atom stereocenters. The van der Waals surface area contributed by atoms with Crippen LogP contribution in [0.3, 0.4) is 0 Å². The van der Waals surface area contributed by atoms with Crippen molar-refractivity contribution >= 4 is 0 Å². The topological polar surface area (TPSA) is 15.3 Å². The van der Waals surface area contributed by atoms with E-state index < -0.39 is 12.7 Å². The Morgan fingerprint density at radius 1 is 1.29 bits per heavy atom.